The summed E-state index contributed by atoms with van der Waals surface area (Å²) in [4.78, 5) is 26.0. The number of nitrogen functional groups attached to an aromatic ring is 2. The third-order valence-corrected chi connectivity index (χ3v) is 7.71. The third kappa shape index (κ3) is 5.33. The molecule has 4 atom stereocenters. The van der Waals surface area contributed by atoms with Gasteiger partial charge in [-0.15, -0.1) is 0 Å². The van der Waals surface area contributed by atoms with E-state index in [4.69, 9.17) is 21.3 Å². The summed E-state index contributed by atoms with van der Waals surface area (Å²) in [5, 5.41) is 25.1. The lowest BCUT2D eigenvalue weighted by molar-refractivity contribution is -0.00638. The molecular weight excluding hydrogens is 540 g/mol. The van der Waals surface area contributed by atoms with Gasteiger partial charge in [0.15, 0.2) is 40.2 Å². The second-order valence-corrected chi connectivity index (χ2v) is 11.1. The fourth-order valence-corrected chi connectivity index (χ4v) is 5.18. The van der Waals surface area contributed by atoms with Crippen molar-refractivity contribution in [1.29, 1.82) is 0 Å². The molecule has 8 rings (SSSR count). The highest BCUT2D eigenvalue weighted by atomic mass is 16.5. The van der Waals surface area contributed by atoms with Gasteiger partial charge < -0.3 is 41.6 Å². The molecule has 0 radical (unpaired) electrons. The van der Waals surface area contributed by atoms with Crippen LogP contribution in [0.5, 0.6) is 0 Å². The number of ether oxygens (including phenoxy) is 1. The van der Waals surface area contributed by atoms with Crippen LogP contribution in [0.4, 0.5) is 23.5 Å². The maximum atomic E-state index is 9.26. The van der Waals surface area contributed by atoms with Crippen LogP contribution in [0.25, 0.3) is 22.3 Å². The predicted molar refractivity (Wildman–Crippen MR) is 156 cm³/mol. The van der Waals surface area contributed by atoms with E-state index in [0.717, 1.165) is 49.1 Å². The van der Waals surface area contributed by atoms with Gasteiger partial charge in [-0.2, -0.15) is 19.9 Å². The van der Waals surface area contributed by atoms with Gasteiger partial charge in [0.05, 0.1) is 25.3 Å². The standard InChI is InChI=1S/C14H18N6O.C13H16N6O2/c15-14-18-12(17-9-2-3-9)11-13(19-14)20(7-16-11)10-4-1-8(5-10)6-21;14-13-17-11(16-7-1-2-7)10-12(18-13)19(6-15-10)9-4-3-8(5-20)21-9/h1,4,7-10,21H,2-3,5-6H2,(H3,15,17,18,19);3-4,6-9,20H,1-2,5H2,(H3,14,16,17,18)/t8-,10+;8-,9+/m10/s1. The van der Waals surface area contributed by atoms with Crippen molar-refractivity contribution in [2.45, 2.75) is 62.6 Å². The van der Waals surface area contributed by atoms with Gasteiger partial charge in [0.2, 0.25) is 11.9 Å². The maximum absolute atomic E-state index is 9.26. The van der Waals surface area contributed by atoms with Crippen molar-refractivity contribution in [2.24, 2.45) is 5.92 Å². The highest BCUT2D eigenvalue weighted by Crippen LogP contribution is 2.33. The fraction of sp³-hybridized carbons (Fsp3) is 0.481. The van der Waals surface area contributed by atoms with Crippen LogP contribution in [0.2, 0.25) is 0 Å². The molecule has 4 aromatic rings. The van der Waals surface area contributed by atoms with E-state index in [1.807, 2.05) is 22.8 Å². The molecular formula is C27H34N12O3. The molecule has 42 heavy (non-hydrogen) atoms. The van der Waals surface area contributed by atoms with Gasteiger partial charge in [0.25, 0.3) is 0 Å². The predicted octanol–water partition coefficient (Wildman–Crippen LogP) is 1.52. The fourth-order valence-electron chi connectivity index (χ4n) is 5.18. The molecule has 0 aromatic carbocycles. The van der Waals surface area contributed by atoms with Gasteiger partial charge in [-0.1, -0.05) is 18.2 Å². The number of nitrogens with two attached hydrogens (primary N) is 2. The number of nitrogens with one attached hydrogen (secondary N) is 2. The van der Waals surface area contributed by atoms with Crippen LogP contribution in [-0.2, 0) is 4.74 Å². The third-order valence-electron chi connectivity index (χ3n) is 7.71. The summed E-state index contributed by atoms with van der Waals surface area (Å²) in [6.45, 7) is 0.122. The number of imidazole rings is 2. The second kappa shape index (κ2) is 10.8. The zero-order valence-electron chi connectivity index (χ0n) is 22.9. The van der Waals surface area contributed by atoms with Crippen molar-refractivity contribution in [3.63, 3.8) is 0 Å². The van der Waals surface area contributed by atoms with Gasteiger partial charge in [-0.3, -0.25) is 4.57 Å². The lowest BCUT2D eigenvalue weighted by atomic mass is 10.1. The van der Waals surface area contributed by atoms with E-state index in [1.165, 1.54) is 0 Å². The molecule has 2 fully saturated rings. The summed E-state index contributed by atoms with van der Waals surface area (Å²) in [6, 6.07) is 1.10. The monoisotopic (exact) mass is 574 g/mol. The number of hydrogen-bond acceptors (Lipinski definition) is 13. The van der Waals surface area contributed by atoms with Crippen LogP contribution >= 0.6 is 0 Å². The van der Waals surface area contributed by atoms with Crippen LogP contribution in [0.15, 0.2) is 37.0 Å². The molecule has 5 heterocycles. The van der Waals surface area contributed by atoms with E-state index in [1.54, 1.807) is 17.2 Å². The lowest BCUT2D eigenvalue weighted by Crippen LogP contribution is -2.15. The molecule has 0 spiro atoms. The average molecular weight is 575 g/mol. The second-order valence-electron chi connectivity index (χ2n) is 11.1. The number of nitrogens with zero attached hydrogens (tertiary/aromatic N) is 8. The smallest absolute Gasteiger partial charge is 0.224 e. The minimum Gasteiger partial charge on any atom is -0.396 e. The van der Waals surface area contributed by atoms with Crippen molar-refractivity contribution in [2.75, 3.05) is 35.3 Å². The van der Waals surface area contributed by atoms with Crippen molar-refractivity contribution < 1.29 is 14.9 Å². The molecule has 0 amide bonds. The number of rotatable bonds is 8. The summed E-state index contributed by atoms with van der Waals surface area (Å²) >= 11 is 0. The summed E-state index contributed by atoms with van der Waals surface area (Å²) in [6.07, 6.45) is 16.1. The Morgan fingerprint density at radius 3 is 1.88 bits per heavy atom. The number of hydrogen-bond donors (Lipinski definition) is 6. The van der Waals surface area contributed by atoms with Gasteiger partial charge >= 0.3 is 0 Å². The molecule has 3 aliphatic carbocycles. The quantitative estimate of drug-likeness (QED) is 0.165. The van der Waals surface area contributed by atoms with Gasteiger partial charge in [0, 0.05) is 24.6 Å². The minimum absolute atomic E-state index is 0.0504. The molecule has 0 unspecified atom stereocenters. The molecule has 15 nitrogen and oxygen atoms in total. The molecule has 220 valence electrons. The zero-order valence-corrected chi connectivity index (χ0v) is 22.9. The van der Waals surface area contributed by atoms with E-state index < -0.39 is 0 Å². The topological polar surface area (TPSA) is 213 Å². The van der Waals surface area contributed by atoms with Crippen LogP contribution in [0, 0.1) is 5.92 Å². The zero-order chi connectivity index (χ0) is 28.8. The molecule has 4 aromatic heterocycles. The Morgan fingerprint density at radius 2 is 1.36 bits per heavy atom. The molecule has 8 N–H and O–H groups in total. The highest BCUT2D eigenvalue weighted by Gasteiger charge is 2.28. The van der Waals surface area contributed by atoms with Gasteiger partial charge in [0.1, 0.15) is 6.10 Å². The first-order valence-electron chi connectivity index (χ1n) is 14.3. The van der Waals surface area contributed by atoms with Crippen LogP contribution in [0.3, 0.4) is 0 Å². The first-order valence-corrected chi connectivity index (χ1v) is 14.3. The Balaban J connectivity index is 0.000000137. The van der Waals surface area contributed by atoms with Gasteiger partial charge in [-0.05, 0) is 38.2 Å². The summed E-state index contributed by atoms with van der Waals surface area (Å²) in [5.41, 5.74) is 14.5. The molecule has 4 aliphatic rings. The number of aliphatic hydroxyl groups is 2. The number of aliphatic hydroxyl groups excluding tert-OH is 2. The molecule has 0 bridgehead atoms. The molecule has 1 aliphatic heterocycles. The van der Waals surface area contributed by atoms with Crippen molar-refractivity contribution >= 4 is 45.9 Å². The van der Waals surface area contributed by atoms with E-state index in [-0.39, 0.29) is 49.4 Å². The molecule has 15 heteroatoms. The first kappa shape index (κ1) is 26.6. The highest BCUT2D eigenvalue weighted by molar-refractivity contribution is 5.85. The number of fused-ring (bicyclic) bond motifs is 2. The van der Waals surface area contributed by atoms with Crippen molar-refractivity contribution in [3.05, 3.63) is 37.0 Å². The Kier molecular flexibility index (Phi) is 6.84. The lowest BCUT2D eigenvalue weighted by Gasteiger charge is -2.14. The van der Waals surface area contributed by atoms with E-state index in [2.05, 4.69) is 46.6 Å². The normalized spacial score (nSPS) is 24.8. The van der Waals surface area contributed by atoms with Crippen molar-refractivity contribution in [1.82, 2.24) is 39.0 Å². The SMILES string of the molecule is Nc1nc(NC2CC2)c2ncn([C@H]3C=C[C@@H](CO)C3)c2n1.Nc1nc(NC2CC2)c2ncn([C@H]3C=C[C@@H](CO)O3)c2n1. The average Bonchev–Trinajstić information content (AvgIpc) is 3.70. The van der Waals surface area contributed by atoms with Crippen molar-refractivity contribution in [3.8, 4) is 0 Å². The summed E-state index contributed by atoms with van der Waals surface area (Å²) < 4.78 is 9.48. The van der Waals surface area contributed by atoms with E-state index >= 15 is 0 Å². The summed E-state index contributed by atoms with van der Waals surface area (Å²) in [7, 11) is 0. The summed E-state index contributed by atoms with van der Waals surface area (Å²) in [5.74, 6) is 2.05. The van der Waals surface area contributed by atoms with Crippen LogP contribution in [0.1, 0.15) is 44.4 Å². The van der Waals surface area contributed by atoms with E-state index in [9.17, 15) is 5.11 Å². The number of allylic oxidation sites excluding steroid dienone is 1. The van der Waals surface area contributed by atoms with E-state index in [0.29, 0.717) is 29.1 Å². The Labute approximate surface area is 240 Å². The minimum atomic E-state index is -0.338. The largest absolute Gasteiger partial charge is 0.396 e. The Morgan fingerprint density at radius 1 is 0.762 bits per heavy atom. The maximum Gasteiger partial charge on any atom is 0.224 e. The Hall–Kier alpha value is -4.34. The number of anilines is 4. The van der Waals surface area contributed by atoms with Gasteiger partial charge in [-0.25, -0.2) is 9.97 Å². The molecule has 2 saturated carbocycles. The Bertz CT molecular complexity index is 1540. The molecule has 0 saturated heterocycles. The number of aromatic nitrogens is 8. The first-order chi connectivity index (χ1) is 20.5. The van der Waals surface area contributed by atoms with Crippen LogP contribution < -0.4 is 22.1 Å². The van der Waals surface area contributed by atoms with Crippen LogP contribution in [-0.4, -0.2) is 80.7 Å².